The SMILES string of the molecule is CC(O)CC1CCCCN1Cc1ncccn1. The molecule has 0 bridgehead atoms. The van der Waals surface area contributed by atoms with Gasteiger partial charge in [0, 0.05) is 18.4 Å². The average Bonchev–Trinajstić information content (AvgIpc) is 2.32. The van der Waals surface area contributed by atoms with E-state index in [4.69, 9.17) is 0 Å². The van der Waals surface area contributed by atoms with Gasteiger partial charge in [-0.15, -0.1) is 0 Å². The topological polar surface area (TPSA) is 49.2 Å². The second-order valence-electron chi connectivity index (χ2n) is 4.87. The molecular formula is C13H21N3O. The van der Waals surface area contributed by atoms with Crippen molar-refractivity contribution >= 4 is 0 Å². The Hall–Kier alpha value is -1.00. The summed E-state index contributed by atoms with van der Waals surface area (Å²) < 4.78 is 0. The highest BCUT2D eigenvalue weighted by molar-refractivity contribution is 4.90. The highest BCUT2D eigenvalue weighted by Gasteiger charge is 2.24. The van der Waals surface area contributed by atoms with E-state index in [1.807, 2.05) is 13.0 Å². The molecular weight excluding hydrogens is 214 g/mol. The lowest BCUT2D eigenvalue weighted by Gasteiger charge is -2.35. The molecule has 4 nitrogen and oxygen atoms in total. The van der Waals surface area contributed by atoms with Gasteiger partial charge >= 0.3 is 0 Å². The van der Waals surface area contributed by atoms with E-state index in [0.717, 1.165) is 25.3 Å². The van der Waals surface area contributed by atoms with Crippen molar-refractivity contribution < 1.29 is 5.11 Å². The number of piperidine rings is 1. The zero-order valence-electron chi connectivity index (χ0n) is 10.4. The molecule has 0 amide bonds. The van der Waals surface area contributed by atoms with Crippen LogP contribution >= 0.6 is 0 Å². The van der Waals surface area contributed by atoms with Gasteiger partial charge in [0.25, 0.3) is 0 Å². The normalized spacial score (nSPS) is 23.5. The maximum absolute atomic E-state index is 9.53. The Bertz CT molecular complexity index is 329. The number of hydrogen-bond donors (Lipinski definition) is 1. The van der Waals surface area contributed by atoms with Gasteiger partial charge in [0.15, 0.2) is 0 Å². The molecule has 2 rings (SSSR count). The minimum Gasteiger partial charge on any atom is -0.393 e. The number of hydrogen-bond acceptors (Lipinski definition) is 4. The van der Waals surface area contributed by atoms with Crippen molar-refractivity contribution in [1.82, 2.24) is 14.9 Å². The molecule has 2 heterocycles. The zero-order chi connectivity index (χ0) is 12.1. The van der Waals surface area contributed by atoms with Crippen LogP contribution in [0.15, 0.2) is 18.5 Å². The number of aliphatic hydroxyl groups excluding tert-OH is 1. The summed E-state index contributed by atoms with van der Waals surface area (Å²) in [7, 11) is 0. The van der Waals surface area contributed by atoms with E-state index < -0.39 is 0 Å². The van der Waals surface area contributed by atoms with Gasteiger partial charge < -0.3 is 5.11 Å². The highest BCUT2D eigenvalue weighted by Crippen LogP contribution is 2.22. The quantitative estimate of drug-likeness (QED) is 0.861. The third-order valence-electron chi connectivity index (χ3n) is 3.33. The number of likely N-dealkylation sites (tertiary alicyclic amines) is 1. The molecule has 1 aliphatic heterocycles. The van der Waals surface area contributed by atoms with Gasteiger partial charge in [-0.2, -0.15) is 0 Å². The van der Waals surface area contributed by atoms with E-state index in [1.165, 1.54) is 19.3 Å². The molecule has 0 aromatic carbocycles. The van der Waals surface area contributed by atoms with Crippen molar-refractivity contribution in [2.75, 3.05) is 6.54 Å². The first kappa shape index (κ1) is 12.5. The summed E-state index contributed by atoms with van der Waals surface area (Å²) in [6.07, 6.45) is 7.89. The van der Waals surface area contributed by atoms with Gasteiger partial charge in [0.1, 0.15) is 5.82 Å². The number of aromatic nitrogens is 2. The summed E-state index contributed by atoms with van der Waals surface area (Å²) in [5, 5.41) is 9.53. The molecule has 0 aliphatic carbocycles. The molecule has 1 saturated heterocycles. The van der Waals surface area contributed by atoms with Crippen LogP contribution in [0.1, 0.15) is 38.4 Å². The van der Waals surface area contributed by atoms with Crippen LogP contribution in [0.5, 0.6) is 0 Å². The van der Waals surface area contributed by atoms with Crippen molar-refractivity contribution in [3.05, 3.63) is 24.3 Å². The standard InChI is InChI=1S/C13H21N3O/c1-11(17)9-12-5-2-3-8-16(12)10-13-14-6-4-7-15-13/h4,6-7,11-12,17H,2-3,5,8-10H2,1H3. The third kappa shape index (κ3) is 3.75. The fourth-order valence-electron chi connectivity index (χ4n) is 2.52. The fraction of sp³-hybridized carbons (Fsp3) is 0.692. The molecule has 1 fully saturated rings. The summed E-state index contributed by atoms with van der Waals surface area (Å²) in [5.74, 6) is 0.880. The number of aliphatic hydroxyl groups is 1. The minimum atomic E-state index is -0.225. The van der Waals surface area contributed by atoms with Gasteiger partial charge in [0.2, 0.25) is 0 Å². The Labute approximate surface area is 103 Å². The van der Waals surface area contributed by atoms with Crippen molar-refractivity contribution in [1.29, 1.82) is 0 Å². The summed E-state index contributed by atoms with van der Waals surface area (Å²) >= 11 is 0. The number of rotatable bonds is 4. The Balaban J connectivity index is 1.96. The monoisotopic (exact) mass is 235 g/mol. The van der Waals surface area contributed by atoms with Crippen LogP contribution in [-0.4, -0.2) is 38.7 Å². The smallest absolute Gasteiger partial charge is 0.142 e. The molecule has 1 aliphatic rings. The van der Waals surface area contributed by atoms with Gasteiger partial charge in [-0.3, -0.25) is 4.90 Å². The Morgan fingerprint density at radius 2 is 2.18 bits per heavy atom. The molecule has 0 saturated carbocycles. The van der Waals surface area contributed by atoms with Crippen LogP contribution in [-0.2, 0) is 6.54 Å². The lowest BCUT2D eigenvalue weighted by molar-refractivity contribution is 0.0799. The maximum atomic E-state index is 9.53. The van der Waals surface area contributed by atoms with Crippen molar-refractivity contribution in [2.45, 2.75) is 51.3 Å². The van der Waals surface area contributed by atoms with Crippen LogP contribution in [0.2, 0.25) is 0 Å². The average molecular weight is 235 g/mol. The van der Waals surface area contributed by atoms with Crippen LogP contribution < -0.4 is 0 Å². The molecule has 94 valence electrons. The molecule has 0 spiro atoms. The number of nitrogens with zero attached hydrogens (tertiary/aromatic N) is 3. The van der Waals surface area contributed by atoms with Crippen LogP contribution in [0, 0.1) is 0 Å². The first-order valence-electron chi connectivity index (χ1n) is 6.43. The van der Waals surface area contributed by atoms with Crippen LogP contribution in [0.25, 0.3) is 0 Å². The Morgan fingerprint density at radius 1 is 1.41 bits per heavy atom. The largest absolute Gasteiger partial charge is 0.393 e. The van der Waals surface area contributed by atoms with Gasteiger partial charge in [-0.1, -0.05) is 6.42 Å². The van der Waals surface area contributed by atoms with Gasteiger partial charge in [-0.05, 0) is 38.8 Å². The van der Waals surface area contributed by atoms with Crippen molar-refractivity contribution in [3.8, 4) is 0 Å². The van der Waals surface area contributed by atoms with E-state index in [2.05, 4.69) is 14.9 Å². The summed E-state index contributed by atoms with van der Waals surface area (Å²) in [6.45, 7) is 3.76. The first-order valence-corrected chi connectivity index (χ1v) is 6.43. The molecule has 4 heteroatoms. The van der Waals surface area contributed by atoms with Crippen molar-refractivity contribution in [2.24, 2.45) is 0 Å². The molecule has 1 aromatic heterocycles. The summed E-state index contributed by atoms with van der Waals surface area (Å²) in [6, 6.07) is 2.32. The minimum absolute atomic E-state index is 0.225. The molecule has 17 heavy (non-hydrogen) atoms. The van der Waals surface area contributed by atoms with Crippen LogP contribution in [0.4, 0.5) is 0 Å². The molecule has 2 atom stereocenters. The lowest BCUT2D eigenvalue weighted by atomic mass is 9.97. The fourth-order valence-corrected chi connectivity index (χ4v) is 2.52. The van der Waals surface area contributed by atoms with Gasteiger partial charge in [-0.25, -0.2) is 9.97 Å². The maximum Gasteiger partial charge on any atom is 0.142 e. The predicted molar refractivity (Wildman–Crippen MR) is 66.4 cm³/mol. The molecule has 0 radical (unpaired) electrons. The van der Waals surface area contributed by atoms with E-state index in [1.54, 1.807) is 12.4 Å². The Kier molecular flexibility index (Phi) is 4.45. The van der Waals surface area contributed by atoms with E-state index in [-0.39, 0.29) is 6.10 Å². The second-order valence-corrected chi connectivity index (χ2v) is 4.87. The lowest BCUT2D eigenvalue weighted by Crippen LogP contribution is -2.40. The van der Waals surface area contributed by atoms with E-state index in [9.17, 15) is 5.11 Å². The van der Waals surface area contributed by atoms with E-state index in [0.29, 0.717) is 6.04 Å². The summed E-state index contributed by atoms with van der Waals surface area (Å²) in [4.78, 5) is 11.0. The third-order valence-corrected chi connectivity index (χ3v) is 3.33. The highest BCUT2D eigenvalue weighted by atomic mass is 16.3. The molecule has 2 unspecified atom stereocenters. The van der Waals surface area contributed by atoms with E-state index >= 15 is 0 Å². The zero-order valence-corrected chi connectivity index (χ0v) is 10.4. The second kappa shape index (κ2) is 6.07. The predicted octanol–water partition coefficient (Wildman–Crippen LogP) is 1.60. The van der Waals surface area contributed by atoms with Crippen molar-refractivity contribution in [3.63, 3.8) is 0 Å². The Morgan fingerprint density at radius 3 is 2.88 bits per heavy atom. The first-order chi connectivity index (χ1) is 8.25. The molecule has 1 N–H and O–H groups in total. The van der Waals surface area contributed by atoms with Gasteiger partial charge in [0.05, 0.1) is 12.6 Å². The summed E-state index contributed by atoms with van der Waals surface area (Å²) in [5.41, 5.74) is 0. The van der Waals surface area contributed by atoms with Crippen LogP contribution in [0.3, 0.4) is 0 Å². The molecule has 1 aromatic rings.